The molecule has 7 heteroatoms. The molecule has 0 heterocycles. The van der Waals surface area contributed by atoms with Gasteiger partial charge in [0.1, 0.15) is 5.82 Å². The van der Waals surface area contributed by atoms with Gasteiger partial charge < -0.3 is 5.32 Å². The van der Waals surface area contributed by atoms with E-state index in [2.05, 4.69) is 10.0 Å². The Morgan fingerprint density at radius 1 is 1.16 bits per heavy atom. The van der Waals surface area contributed by atoms with E-state index in [1.54, 1.807) is 30.3 Å². The molecule has 1 aliphatic rings. The second-order valence-electron chi connectivity index (χ2n) is 6.04. The zero-order chi connectivity index (χ0) is 18.0. The first kappa shape index (κ1) is 17.6. The van der Waals surface area contributed by atoms with Crippen molar-refractivity contribution in [2.24, 2.45) is 5.92 Å². The summed E-state index contributed by atoms with van der Waals surface area (Å²) < 4.78 is 39.3. The number of carbonyl (C=O) groups is 1. The third kappa shape index (κ3) is 3.88. The average molecular weight is 362 g/mol. The van der Waals surface area contributed by atoms with E-state index in [0.29, 0.717) is 18.5 Å². The SMILES string of the molecule is CNS(=O)(=O)c1ccc(CNC(=O)C2CC2c2ccccc2F)cc1. The molecule has 2 aromatic rings. The van der Waals surface area contributed by atoms with Crippen LogP contribution in [-0.2, 0) is 21.4 Å². The fraction of sp³-hybridized carbons (Fsp3) is 0.278. The zero-order valence-corrected chi connectivity index (χ0v) is 14.5. The summed E-state index contributed by atoms with van der Waals surface area (Å²) in [5, 5.41) is 2.83. The molecule has 25 heavy (non-hydrogen) atoms. The van der Waals surface area contributed by atoms with Crippen LogP contribution in [0.25, 0.3) is 0 Å². The minimum absolute atomic E-state index is 0.0654. The molecule has 2 aromatic carbocycles. The Morgan fingerprint density at radius 3 is 2.48 bits per heavy atom. The summed E-state index contributed by atoms with van der Waals surface area (Å²) in [5.41, 5.74) is 1.38. The molecule has 2 atom stereocenters. The zero-order valence-electron chi connectivity index (χ0n) is 13.7. The first-order valence-electron chi connectivity index (χ1n) is 7.97. The van der Waals surface area contributed by atoms with Gasteiger partial charge in [-0.2, -0.15) is 0 Å². The lowest BCUT2D eigenvalue weighted by molar-refractivity contribution is -0.122. The van der Waals surface area contributed by atoms with Gasteiger partial charge >= 0.3 is 0 Å². The highest BCUT2D eigenvalue weighted by Crippen LogP contribution is 2.48. The second kappa shape index (κ2) is 6.93. The first-order valence-corrected chi connectivity index (χ1v) is 9.45. The Morgan fingerprint density at radius 2 is 1.84 bits per heavy atom. The summed E-state index contributed by atoms with van der Waals surface area (Å²) >= 11 is 0. The van der Waals surface area contributed by atoms with Crippen LogP contribution in [0.3, 0.4) is 0 Å². The first-order chi connectivity index (χ1) is 11.9. The third-order valence-electron chi connectivity index (χ3n) is 4.40. The van der Waals surface area contributed by atoms with Crippen LogP contribution >= 0.6 is 0 Å². The van der Waals surface area contributed by atoms with E-state index < -0.39 is 10.0 Å². The van der Waals surface area contributed by atoms with Gasteiger partial charge in [-0.1, -0.05) is 30.3 Å². The predicted octanol–water partition coefficient (Wildman–Crippen LogP) is 2.15. The van der Waals surface area contributed by atoms with Crippen molar-refractivity contribution in [3.63, 3.8) is 0 Å². The van der Waals surface area contributed by atoms with Crippen molar-refractivity contribution >= 4 is 15.9 Å². The molecule has 1 saturated carbocycles. The molecule has 2 N–H and O–H groups in total. The van der Waals surface area contributed by atoms with Gasteiger partial charge in [0.25, 0.3) is 0 Å². The van der Waals surface area contributed by atoms with Gasteiger partial charge in [-0.15, -0.1) is 0 Å². The van der Waals surface area contributed by atoms with Crippen molar-refractivity contribution < 1.29 is 17.6 Å². The number of hydrogen-bond acceptors (Lipinski definition) is 3. The number of amides is 1. The Bertz CT molecular complexity index is 881. The molecule has 0 aromatic heterocycles. The lowest BCUT2D eigenvalue weighted by Gasteiger charge is -2.07. The molecular weight excluding hydrogens is 343 g/mol. The quantitative estimate of drug-likeness (QED) is 0.827. The maximum atomic E-state index is 13.7. The predicted molar refractivity (Wildman–Crippen MR) is 91.8 cm³/mol. The number of benzene rings is 2. The summed E-state index contributed by atoms with van der Waals surface area (Å²) in [4.78, 5) is 12.4. The second-order valence-corrected chi connectivity index (χ2v) is 7.93. The van der Waals surface area contributed by atoms with E-state index in [4.69, 9.17) is 0 Å². The maximum Gasteiger partial charge on any atom is 0.240 e. The number of nitrogens with one attached hydrogen (secondary N) is 2. The molecule has 0 saturated heterocycles. The van der Waals surface area contributed by atoms with Gasteiger partial charge in [0.2, 0.25) is 15.9 Å². The lowest BCUT2D eigenvalue weighted by Crippen LogP contribution is -2.25. The molecule has 0 radical (unpaired) electrons. The molecule has 0 bridgehead atoms. The van der Waals surface area contributed by atoms with E-state index in [1.807, 2.05) is 0 Å². The van der Waals surface area contributed by atoms with E-state index in [-0.39, 0.29) is 28.5 Å². The Kier molecular flexibility index (Phi) is 4.87. The normalized spacial score (nSPS) is 19.4. The summed E-state index contributed by atoms with van der Waals surface area (Å²) in [6.07, 6.45) is 0.645. The van der Waals surface area contributed by atoms with E-state index in [9.17, 15) is 17.6 Å². The van der Waals surface area contributed by atoms with Gasteiger partial charge in [0.05, 0.1) is 4.90 Å². The van der Waals surface area contributed by atoms with Crippen LogP contribution in [0.1, 0.15) is 23.5 Å². The fourth-order valence-electron chi connectivity index (χ4n) is 2.83. The molecule has 2 unspecified atom stereocenters. The van der Waals surface area contributed by atoms with Crippen LogP contribution in [0, 0.1) is 11.7 Å². The van der Waals surface area contributed by atoms with Crippen LogP contribution in [-0.4, -0.2) is 21.4 Å². The Hall–Kier alpha value is -2.25. The van der Waals surface area contributed by atoms with Gasteiger partial charge in [0.15, 0.2) is 0 Å². The topological polar surface area (TPSA) is 75.3 Å². The number of carbonyl (C=O) groups excluding carboxylic acids is 1. The van der Waals surface area contributed by atoms with Gasteiger partial charge in [0, 0.05) is 12.5 Å². The third-order valence-corrected chi connectivity index (χ3v) is 5.83. The van der Waals surface area contributed by atoms with Crippen molar-refractivity contribution in [3.8, 4) is 0 Å². The van der Waals surface area contributed by atoms with Crippen LogP contribution in [0.4, 0.5) is 4.39 Å². The molecule has 0 aliphatic heterocycles. The summed E-state index contributed by atoms with van der Waals surface area (Å²) in [7, 11) is -2.11. The highest BCUT2D eigenvalue weighted by Gasteiger charge is 2.44. The minimum atomic E-state index is -3.46. The van der Waals surface area contributed by atoms with Gasteiger partial charge in [-0.05, 0) is 48.7 Å². The smallest absolute Gasteiger partial charge is 0.240 e. The van der Waals surface area contributed by atoms with E-state index in [1.165, 1.54) is 25.2 Å². The molecule has 5 nitrogen and oxygen atoms in total. The largest absolute Gasteiger partial charge is 0.352 e. The van der Waals surface area contributed by atoms with Crippen LogP contribution < -0.4 is 10.0 Å². The van der Waals surface area contributed by atoms with Crippen LogP contribution in [0.5, 0.6) is 0 Å². The molecule has 3 rings (SSSR count). The molecule has 0 spiro atoms. The molecule has 1 amide bonds. The van der Waals surface area contributed by atoms with E-state index in [0.717, 1.165) is 5.56 Å². The number of rotatable bonds is 6. The fourth-order valence-corrected chi connectivity index (χ4v) is 3.56. The number of sulfonamides is 1. The standard InChI is InChI=1S/C18H19FN2O3S/c1-20-25(23,24)13-8-6-12(7-9-13)11-21-18(22)16-10-15(16)14-4-2-3-5-17(14)19/h2-9,15-16,20H,10-11H2,1H3,(H,21,22). The molecule has 132 valence electrons. The summed E-state index contributed by atoms with van der Waals surface area (Å²) in [6, 6.07) is 12.8. The number of hydrogen-bond donors (Lipinski definition) is 2. The van der Waals surface area contributed by atoms with E-state index >= 15 is 0 Å². The van der Waals surface area contributed by atoms with Crippen LogP contribution in [0.2, 0.25) is 0 Å². The van der Waals surface area contributed by atoms with Crippen LogP contribution in [0.15, 0.2) is 53.4 Å². The van der Waals surface area contributed by atoms with Crippen molar-refractivity contribution in [1.82, 2.24) is 10.0 Å². The molecule has 1 fully saturated rings. The molecular formula is C18H19FN2O3S. The highest BCUT2D eigenvalue weighted by atomic mass is 32.2. The van der Waals surface area contributed by atoms with Crippen molar-refractivity contribution in [2.45, 2.75) is 23.8 Å². The Balaban J connectivity index is 1.56. The summed E-state index contributed by atoms with van der Waals surface area (Å²) in [6.45, 7) is 0.305. The maximum absolute atomic E-state index is 13.7. The van der Waals surface area contributed by atoms with Crippen molar-refractivity contribution in [2.75, 3.05) is 7.05 Å². The summed E-state index contributed by atoms with van der Waals surface area (Å²) in [5.74, 6) is -0.658. The Labute approximate surface area is 146 Å². The lowest BCUT2D eigenvalue weighted by atomic mass is 10.1. The minimum Gasteiger partial charge on any atom is -0.352 e. The van der Waals surface area contributed by atoms with Gasteiger partial charge in [-0.3, -0.25) is 4.79 Å². The molecule has 1 aliphatic carbocycles. The van der Waals surface area contributed by atoms with Crippen molar-refractivity contribution in [1.29, 1.82) is 0 Å². The van der Waals surface area contributed by atoms with Gasteiger partial charge in [-0.25, -0.2) is 17.5 Å². The number of halogens is 1. The van der Waals surface area contributed by atoms with Crippen molar-refractivity contribution in [3.05, 3.63) is 65.5 Å². The average Bonchev–Trinajstić information content (AvgIpc) is 3.41. The highest BCUT2D eigenvalue weighted by molar-refractivity contribution is 7.89. The monoisotopic (exact) mass is 362 g/mol.